The van der Waals surface area contributed by atoms with E-state index in [1.165, 1.54) is 17.3 Å². The van der Waals surface area contributed by atoms with Crippen LogP contribution in [0.2, 0.25) is 0 Å². The van der Waals surface area contributed by atoms with Gasteiger partial charge in [0.25, 0.3) is 0 Å². The molecule has 0 bridgehead atoms. The summed E-state index contributed by atoms with van der Waals surface area (Å²) >= 11 is 1.45. The van der Waals surface area contributed by atoms with Gasteiger partial charge in [-0.05, 0) is 31.4 Å². The lowest BCUT2D eigenvalue weighted by molar-refractivity contribution is -0.119. The van der Waals surface area contributed by atoms with Gasteiger partial charge in [0.05, 0.1) is 11.3 Å². The third kappa shape index (κ3) is 5.03. The minimum absolute atomic E-state index is 0.0354. The van der Waals surface area contributed by atoms with Crippen LogP contribution in [0.5, 0.6) is 0 Å². The average Bonchev–Trinajstić information content (AvgIpc) is 2.65. The van der Waals surface area contributed by atoms with Crippen LogP contribution in [0.1, 0.15) is 18.9 Å². The second-order valence-electron chi connectivity index (χ2n) is 5.98. The van der Waals surface area contributed by atoms with Crippen LogP contribution in [0.25, 0.3) is 10.9 Å². The number of aryl methyl sites for hydroxylation is 1. The molecule has 0 aliphatic heterocycles. The molecule has 1 heterocycles. The van der Waals surface area contributed by atoms with Crippen molar-refractivity contribution in [3.8, 4) is 0 Å². The molecule has 0 unspecified atom stereocenters. The molecule has 1 aromatic heterocycles. The highest BCUT2D eigenvalue weighted by Crippen LogP contribution is 2.23. The number of para-hydroxylation sites is 1. The summed E-state index contributed by atoms with van der Waals surface area (Å²) in [5.41, 5.74) is 2.20. The predicted molar refractivity (Wildman–Crippen MR) is 103 cm³/mol. The molecule has 0 fully saturated rings. The van der Waals surface area contributed by atoms with Crippen molar-refractivity contribution in [2.75, 3.05) is 5.75 Å². The van der Waals surface area contributed by atoms with E-state index in [-0.39, 0.29) is 11.9 Å². The van der Waals surface area contributed by atoms with Crippen LogP contribution in [0, 0.1) is 0 Å². The third-order valence-electron chi connectivity index (χ3n) is 3.96. The Morgan fingerprint density at radius 2 is 1.84 bits per heavy atom. The van der Waals surface area contributed by atoms with Crippen molar-refractivity contribution in [3.05, 3.63) is 66.5 Å². The van der Waals surface area contributed by atoms with Crippen LogP contribution < -0.4 is 5.32 Å². The topological polar surface area (TPSA) is 54.9 Å². The van der Waals surface area contributed by atoms with E-state index in [0.717, 1.165) is 28.8 Å². The fraction of sp³-hybridized carbons (Fsp3) is 0.250. The molecule has 0 radical (unpaired) electrons. The van der Waals surface area contributed by atoms with E-state index in [0.29, 0.717) is 5.75 Å². The first-order valence-corrected chi connectivity index (χ1v) is 9.37. The largest absolute Gasteiger partial charge is 0.353 e. The van der Waals surface area contributed by atoms with Gasteiger partial charge in [-0.1, -0.05) is 60.3 Å². The number of amides is 1. The molecule has 0 aliphatic carbocycles. The maximum atomic E-state index is 12.2. The third-order valence-corrected chi connectivity index (χ3v) is 4.97. The summed E-state index contributed by atoms with van der Waals surface area (Å²) in [4.78, 5) is 20.8. The number of nitrogens with zero attached hydrogens (tertiary/aromatic N) is 2. The van der Waals surface area contributed by atoms with Crippen molar-refractivity contribution < 1.29 is 4.79 Å². The summed E-state index contributed by atoms with van der Waals surface area (Å²) in [5, 5.41) is 4.90. The molecule has 3 aromatic rings. The second kappa shape index (κ2) is 8.62. The first kappa shape index (κ1) is 17.4. The number of hydrogen-bond acceptors (Lipinski definition) is 4. The summed E-state index contributed by atoms with van der Waals surface area (Å²) in [7, 11) is 0. The van der Waals surface area contributed by atoms with E-state index in [1.54, 1.807) is 6.33 Å². The van der Waals surface area contributed by atoms with Crippen molar-refractivity contribution in [3.63, 3.8) is 0 Å². The first-order valence-electron chi connectivity index (χ1n) is 8.38. The number of hydrogen-bond donors (Lipinski definition) is 1. The standard InChI is InChI=1S/C20H21N3OS/c1-15(11-12-16-7-3-2-4-8-16)23-19(24)13-25-20-17-9-5-6-10-18(17)21-14-22-20/h2-10,14-15H,11-13H2,1H3,(H,23,24)/t15-/m0/s1. The number of carbonyl (C=O) groups excluding carboxylic acids is 1. The van der Waals surface area contributed by atoms with Gasteiger partial charge in [0.1, 0.15) is 11.4 Å². The fourth-order valence-electron chi connectivity index (χ4n) is 2.65. The molecule has 0 saturated carbocycles. The van der Waals surface area contributed by atoms with E-state index in [1.807, 2.05) is 49.4 Å². The predicted octanol–water partition coefficient (Wildman–Crippen LogP) is 3.86. The maximum absolute atomic E-state index is 12.2. The second-order valence-corrected chi connectivity index (χ2v) is 6.94. The molecule has 5 heteroatoms. The zero-order valence-electron chi connectivity index (χ0n) is 14.2. The van der Waals surface area contributed by atoms with Crippen molar-refractivity contribution in [1.29, 1.82) is 0 Å². The van der Waals surface area contributed by atoms with Crippen LogP contribution in [0.3, 0.4) is 0 Å². The number of carbonyl (C=O) groups is 1. The van der Waals surface area contributed by atoms with Crippen LogP contribution >= 0.6 is 11.8 Å². The Kier molecular flexibility index (Phi) is 6.01. The number of rotatable bonds is 7. The van der Waals surface area contributed by atoms with Crippen LogP contribution in [-0.4, -0.2) is 27.7 Å². The van der Waals surface area contributed by atoms with Crippen LogP contribution in [-0.2, 0) is 11.2 Å². The Labute approximate surface area is 152 Å². The zero-order chi connectivity index (χ0) is 17.5. The Morgan fingerprint density at radius 1 is 1.08 bits per heavy atom. The molecular formula is C20H21N3OS. The highest BCUT2D eigenvalue weighted by Gasteiger charge is 2.10. The minimum atomic E-state index is 0.0354. The van der Waals surface area contributed by atoms with Gasteiger partial charge < -0.3 is 5.32 Å². The van der Waals surface area contributed by atoms with E-state index in [4.69, 9.17) is 0 Å². The van der Waals surface area contributed by atoms with Crippen molar-refractivity contribution in [2.45, 2.75) is 30.8 Å². The lowest BCUT2D eigenvalue weighted by atomic mass is 10.1. The van der Waals surface area contributed by atoms with E-state index in [9.17, 15) is 4.79 Å². The zero-order valence-corrected chi connectivity index (χ0v) is 15.0. The number of benzene rings is 2. The Hall–Kier alpha value is -2.40. The quantitative estimate of drug-likeness (QED) is 0.519. The van der Waals surface area contributed by atoms with Gasteiger partial charge in [0, 0.05) is 11.4 Å². The van der Waals surface area contributed by atoms with Gasteiger partial charge in [-0.15, -0.1) is 0 Å². The molecule has 2 aromatic carbocycles. The Balaban J connectivity index is 1.49. The molecule has 128 valence electrons. The molecule has 4 nitrogen and oxygen atoms in total. The summed E-state index contributed by atoms with van der Waals surface area (Å²) in [6.07, 6.45) is 3.44. The number of aromatic nitrogens is 2. The average molecular weight is 351 g/mol. The fourth-order valence-corrected chi connectivity index (χ4v) is 3.45. The number of thioether (sulfide) groups is 1. The molecule has 1 N–H and O–H groups in total. The molecule has 0 saturated heterocycles. The van der Waals surface area contributed by atoms with Crippen molar-refractivity contribution >= 4 is 28.6 Å². The van der Waals surface area contributed by atoms with Crippen LogP contribution in [0.15, 0.2) is 66.0 Å². The number of fused-ring (bicyclic) bond motifs is 1. The molecule has 1 atom stereocenters. The van der Waals surface area contributed by atoms with Gasteiger partial charge in [-0.25, -0.2) is 9.97 Å². The van der Waals surface area contributed by atoms with Gasteiger partial charge in [0.15, 0.2) is 0 Å². The highest BCUT2D eigenvalue weighted by atomic mass is 32.2. The lowest BCUT2D eigenvalue weighted by Crippen LogP contribution is -2.34. The Bertz CT molecular complexity index is 833. The Morgan fingerprint density at radius 3 is 2.68 bits per heavy atom. The van der Waals surface area contributed by atoms with Crippen molar-refractivity contribution in [1.82, 2.24) is 15.3 Å². The monoisotopic (exact) mass is 351 g/mol. The van der Waals surface area contributed by atoms with Gasteiger partial charge in [0.2, 0.25) is 5.91 Å². The first-order chi connectivity index (χ1) is 12.2. The summed E-state index contributed by atoms with van der Waals surface area (Å²) in [5.74, 6) is 0.393. The SMILES string of the molecule is C[C@@H](CCc1ccccc1)NC(=O)CSc1ncnc2ccccc12. The summed E-state index contributed by atoms with van der Waals surface area (Å²) in [6.45, 7) is 2.05. The molecule has 0 spiro atoms. The smallest absolute Gasteiger partial charge is 0.230 e. The molecule has 1 amide bonds. The summed E-state index contributed by atoms with van der Waals surface area (Å²) < 4.78 is 0. The molecular weight excluding hydrogens is 330 g/mol. The molecule has 3 rings (SSSR count). The van der Waals surface area contributed by atoms with Gasteiger partial charge in [-0.2, -0.15) is 0 Å². The van der Waals surface area contributed by atoms with Gasteiger partial charge >= 0.3 is 0 Å². The van der Waals surface area contributed by atoms with Crippen LogP contribution in [0.4, 0.5) is 0 Å². The molecule has 0 aliphatic rings. The molecule has 25 heavy (non-hydrogen) atoms. The van der Waals surface area contributed by atoms with E-state index in [2.05, 4.69) is 27.4 Å². The number of nitrogens with one attached hydrogen (secondary N) is 1. The normalized spacial score (nSPS) is 12.0. The maximum Gasteiger partial charge on any atom is 0.230 e. The summed E-state index contributed by atoms with van der Waals surface area (Å²) in [6, 6.07) is 18.3. The van der Waals surface area contributed by atoms with Crippen molar-refractivity contribution in [2.24, 2.45) is 0 Å². The van der Waals surface area contributed by atoms with E-state index < -0.39 is 0 Å². The minimum Gasteiger partial charge on any atom is -0.353 e. The highest BCUT2D eigenvalue weighted by molar-refractivity contribution is 8.00. The van der Waals surface area contributed by atoms with Gasteiger partial charge in [-0.3, -0.25) is 4.79 Å². The van der Waals surface area contributed by atoms with E-state index >= 15 is 0 Å². The lowest BCUT2D eigenvalue weighted by Gasteiger charge is -2.14.